The van der Waals surface area contributed by atoms with E-state index in [1.165, 1.54) is 36.0 Å². The molecule has 0 fully saturated rings. The molecule has 1 amide bonds. The first-order chi connectivity index (χ1) is 11.8. The third-order valence-corrected chi connectivity index (χ3v) is 4.97. The zero-order valence-corrected chi connectivity index (χ0v) is 14.0. The van der Waals surface area contributed by atoms with Gasteiger partial charge in [0, 0.05) is 31.3 Å². The summed E-state index contributed by atoms with van der Waals surface area (Å²) in [6, 6.07) is 8.81. The summed E-state index contributed by atoms with van der Waals surface area (Å²) < 4.78 is 44.2. The molecule has 2 aromatic heterocycles. The SMILES string of the molecule is Cn1cc(S(=O)(=O)Nc2cc(-n3cccc3)ccc2F)cc1C(N)=O. The predicted octanol–water partition coefficient (Wildman–Crippen LogP) is 1.85. The summed E-state index contributed by atoms with van der Waals surface area (Å²) in [6.45, 7) is 0. The van der Waals surface area contributed by atoms with Crippen molar-refractivity contribution in [1.29, 1.82) is 0 Å². The molecule has 1 aromatic carbocycles. The zero-order valence-electron chi connectivity index (χ0n) is 13.2. The molecule has 0 aliphatic rings. The van der Waals surface area contributed by atoms with Crippen LogP contribution in [0.15, 0.2) is 59.9 Å². The van der Waals surface area contributed by atoms with Crippen molar-refractivity contribution in [3.63, 3.8) is 0 Å². The number of nitrogens with one attached hydrogen (secondary N) is 1. The van der Waals surface area contributed by atoms with E-state index in [9.17, 15) is 17.6 Å². The highest BCUT2D eigenvalue weighted by molar-refractivity contribution is 7.92. The van der Waals surface area contributed by atoms with Crippen LogP contribution in [0.5, 0.6) is 0 Å². The molecule has 0 aliphatic heterocycles. The summed E-state index contributed by atoms with van der Waals surface area (Å²) in [4.78, 5) is 11.1. The lowest BCUT2D eigenvalue weighted by molar-refractivity contribution is 0.0992. The summed E-state index contributed by atoms with van der Waals surface area (Å²) >= 11 is 0. The number of rotatable bonds is 5. The van der Waals surface area contributed by atoms with Crippen LogP contribution in [0, 0.1) is 5.82 Å². The van der Waals surface area contributed by atoms with Gasteiger partial charge in [-0.1, -0.05) is 0 Å². The highest BCUT2D eigenvalue weighted by Gasteiger charge is 2.21. The van der Waals surface area contributed by atoms with E-state index < -0.39 is 21.7 Å². The minimum atomic E-state index is -4.08. The second-order valence-corrected chi connectivity index (χ2v) is 7.08. The fourth-order valence-corrected chi connectivity index (χ4v) is 3.52. The molecule has 25 heavy (non-hydrogen) atoms. The Bertz CT molecular complexity index is 1040. The van der Waals surface area contributed by atoms with Crippen LogP contribution in [0.3, 0.4) is 0 Å². The lowest BCUT2D eigenvalue weighted by Gasteiger charge is -2.10. The molecular formula is C16H15FN4O3S. The van der Waals surface area contributed by atoms with Gasteiger partial charge in [0.05, 0.1) is 5.69 Å². The first kappa shape index (κ1) is 16.8. The van der Waals surface area contributed by atoms with E-state index in [0.29, 0.717) is 5.69 Å². The van der Waals surface area contributed by atoms with E-state index in [2.05, 4.69) is 4.72 Å². The number of hydrogen-bond acceptors (Lipinski definition) is 3. The molecule has 0 saturated heterocycles. The van der Waals surface area contributed by atoms with Gasteiger partial charge < -0.3 is 14.9 Å². The van der Waals surface area contributed by atoms with Crippen LogP contribution < -0.4 is 10.5 Å². The molecule has 2 heterocycles. The van der Waals surface area contributed by atoms with Crippen molar-refractivity contribution < 1.29 is 17.6 Å². The topological polar surface area (TPSA) is 99.1 Å². The molecule has 0 radical (unpaired) electrons. The zero-order chi connectivity index (χ0) is 18.2. The maximum Gasteiger partial charge on any atom is 0.265 e. The molecule has 0 atom stereocenters. The fraction of sp³-hybridized carbons (Fsp3) is 0.0625. The number of carbonyl (C=O) groups is 1. The molecule has 0 bridgehead atoms. The maximum atomic E-state index is 14.1. The number of aromatic nitrogens is 2. The van der Waals surface area contributed by atoms with Crippen LogP contribution in [0.1, 0.15) is 10.5 Å². The standard InChI is InChI=1S/C16H15FN4O3S/c1-20-10-12(9-15(20)16(18)22)25(23,24)19-14-8-11(4-5-13(14)17)21-6-2-3-7-21/h2-10,19H,1H3,(H2,18,22). The number of amides is 1. The number of sulfonamides is 1. The highest BCUT2D eigenvalue weighted by Crippen LogP contribution is 2.23. The maximum absolute atomic E-state index is 14.1. The molecule has 9 heteroatoms. The number of hydrogen-bond donors (Lipinski definition) is 2. The molecule has 0 aliphatic carbocycles. The number of aryl methyl sites for hydroxylation is 1. The number of primary amides is 1. The Hall–Kier alpha value is -3.07. The monoisotopic (exact) mass is 362 g/mol. The van der Waals surface area contributed by atoms with E-state index in [0.717, 1.165) is 6.07 Å². The lowest BCUT2D eigenvalue weighted by atomic mass is 10.2. The van der Waals surface area contributed by atoms with E-state index >= 15 is 0 Å². The number of nitrogens with zero attached hydrogens (tertiary/aromatic N) is 2. The molecule has 7 nitrogen and oxygen atoms in total. The molecule has 0 unspecified atom stereocenters. The summed E-state index contributed by atoms with van der Waals surface area (Å²) in [5, 5.41) is 0. The Labute approximate surface area is 143 Å². The van der Waals surface area contributed by atoms with Crippen LogP contribution in [-0.4, -0.2) is 23.5 Å². The van der Waals surface area contributed by atoms with Gasteiger partial charge in [0.2, 0.25) is 0 Å². The van der Waals surface area contributed by atoms with Crippen molar-refractivity contribution in [2.75, 3.05) is 4.72 Å². The van der Waals surface area contributed by atoms with Crippen LogP contribution in [0.2, 0.25) is 0 Å². The van der Waals surface area contributed by atoms with Crippen molar-refractivity contribution in [3.05, 3.63) is 66.5 Å². The number of carbonyl (C=O) groups excluding carboxylic acids is 1. The first-order valence-electron chi connectivity index (χ1n) is 7.20. The molecule has 0 saturated carbocycles. The van der Waals surface area contributed by atoms with Gasteiger partial charge in [0.1, 0.15) is 16.4 Å². The average molecular weight is 362 g/mol. The van der Waals surface area contributed by atoms with Crippen molar-refractivity contribution in [2.45, 2.75) is 4.90 Å². The van der Waals surface area contributed by atoms with Crippen molar-refractivity contribution >= 4 is 21.6 Å². The number of nitrogens with two attached hydrogens (primary N) is 1. The summed E-state index contributed by atoms with van der Waals surface area (Å²) in [6.07, 6.45) is 4.74. The number of halogens is 1. The highest BCUT2D eigenvalue weighted by atomic mass is 32.2. The third kappa shape index (κ3) is 3.26. The van der Waals surface area contributed by atoms with E-state index in [4.69, 9.17) is 5.73 Å². The number of anilines is 1. The van der Waals surface area contributed by atoms with E-state index in [1.807, 2.05) is 0 Å². The van der Waals surface area contributed by atoms with Crippen molar-refractivity contribution in [2.24, 2.45) is 12.8 Å². The van der Waals surface area contributed by atoms with Crippen LogP contribution in [0.25, 0.3) is 5.69 Å². The Kier molecular flexibility index (Phi) is 4.09. The van der Waals surface area contributed by atoms with Gasteiger partial charge in [-0.25, -0.2) is 12.8 Å². The molecule has 3 rings (SSSR count). The normalized spacial score (nSPS) is 11.4. The molecule has 130 valence electrons. The minimum Gasteiger partial charge on any atom is -0.364 e. The van der Waals surface area contributed by atoms with Gasteiger partial charge in [-0.15, -0.1) is 0 Å². The average Bonchev–Trinajstić information content (AvgIpc) is 3.19. The quantitative estimate of drug-likeness (QED) is 0.724. The van der Waals surface area contributed by atoms with Gasteiger partial charge in [-0.3, -0.25) is 9.52 Å². The van der Waals surface area contributed by atoms with Crippen LogP contribution >= 0.6 is 0 Å². The Morgan fingerprint density at radius 3 is 2.48 bits per heavy atom. The van der Waals surface area contributed by atoms with Gasteiger partial charge in [0.15, 0.2) is 0 Å². The van der Waals surface area contributed by atoms with Crippen LogP contribution in [0.4, 0.5) is 10.1 Å². The van der Waals surface area contributed by atoms with Gasteiger partial charge in [-0.2, -0.15) is 0 Å². The minimum absolute atomic E-state index is 0.0296. The van der Waals surface area contributed by atoms with Crippen molar-refractivity contribution in [1.82, 2.24) is 9.13 Å². The molecular weight excluding hydrogens is 347 g/mol. The van der Waals surface area contributed by atoms with E-state index in [-0.39, 0.29) is 16.3 Å². The second-order valence-electron chi connectivity index (χ2n) is 5.40. The number of benzene rings is 1. The summed E-state index contributed by atoms with van der Waals surface area (Å²) in [5.41, 5.74) is 5.61. The summed E-state index contributed by atoms with van der Waals surface area (Å²) in [7, 11) is -2.59. The Morgan fingerprint density at radius 1 is 1.20 bits per heavy atom. The van der Waals surface area contributed by atoms with Crippen LogP contribution in [-0.2, 0) is 17.1 Å². The molecule has 0 spiro atoms. The Balaban J connectivity index is 1.97. The second kappa shape index (κ2) is 6.10. The molecule has 3 aromatic rings. The first-order valence-corrected chi connectivity index (χ1v) is 8.68. The largest absolute Gasteiger partial charge is 0.364 e. The Morgan fingerprint density at radius 2 is 1.88 bits per heavy atom. The van der Waals surface area contributed by atoms with Gasteiger partial charge in [0.25, 0.3) is 15.9 Å². The predicted molar refractivity (Wildman–Crippen MR) is 90.5 cm³/mol. The smallest absolute Gasteiger partial charge is 0.265 e. The molecule has 3 N–H and O–H groups in total. The lowest BCUT2D eigenvalue weighted by Crippen LogP contribution is -2.15. The summed E-state index contributed by atoms with van der Waals surface area (Å²) in [5.74, 6) is -1.48. The van der Waals surface area contributed by atoms with Crippen molar-refractivity contribution in [3.8, 4) is 5.69 Å². The fourth-order valence-electron chi connectivity index (χ4n) is 2.39. The van der Waals surface area contributed by atoms with E-state index in [1.54, 1.807) is 29.1 Å². The van der Waals surface area contributed by atoms with Gasteiger partial charge >= 0.3 is 0 Å². The third-order valence-electron chi connectivity index (χ3n) is 3.64. The van der Waals surface area contributed by atoms with Gasteiger partial charge in [-0.05, 0) is 36.4 Å².